The van der Waals surface area contributed by atoms with Gasteiger partial charge in [0, 0.05) is 0 Å². The van der Waals surface area contributed by atoms with Crippen molar-refractivity contribution >= 4 is 0 Å². The van der Waals surface area contributed by atoms with Crippen LogP contribution in [0.25, 0.3) is 0 Å². The fourth-order valence-electron chi connectivity index (χ4n) is 1.80. The zero-order chi connectivity index (χ0) is 8.81. The molecular weight excluding hydrogens is 144 g/mol. The zero-order valence-electron chi connectivity index (χ0n) is 8.40. The van der Waals surface area contributed by atoms with E-state index in [1.807, 2.05) is 0 Å². The van der Waals surface area contributed by atoms with Gasteiger partial charge in [-0.1, -0.05) is 36.6 Å². The van der Waals surface area contributed by atoms with Gasteiger partial charge in [-0.2, -0.15) is 0 Å². The van der Waals surface area contributed by atoms with Crippen molar-refractivity contribution in [1.29, 1.82) is 0 Å². The molecule has 0 spiro atoms. The van der Waals surface area contributed by atoms with Crippen molar-refractivity contribution in [2.45, 2.75) is 52.4 Å². The van der Waals surface area contributed by atoms with Crippen LogP contribution in [-0.4, -0.2) is 0 Å². The van der Waals surface area contributed by atoms with Gasteiger partial charge in [-0.25, -0.2) is 0 Å². The second-order valence-corrected chi connectivity index (χ2v) is 3.58. The first kappa shape index (κ1) is 9.57. The van der Waals surface area contributed by atoms with E-state index < -0.39 is 0 Å². The standard InChI is InChI=1S/C12H20/c1-3-11(4-2)10-12-8-6-5-7-9-12/h3,10H,4-9H2,1-2H3/b11-3+. The number of allylic oxidation sites excluding steroid dienone is 4. The summed E-state index contributed by atoms with van der Waals surface area (Å²) in [4.78, 5) is 0. The average Bonchev–Trinajstić information content (AvgIpc) is 2.16. The smallest absolute Gasteiger partial charge is 0.0311 e. The van der Waals surface area contributed by atoms with Gasteiger partial charge in [-0.05, 0) is 39.0 Å². The highest BCUT2D eigenvalue weighted by molar-refractivity contribution is 5.23. The monoisotopic (exact) mass is 164 g/mol. The molecule has 0 amide bonds. The Morgan fingerprint density at radius 2 is 1.92 bits per heavy atom. The Bertz CT molecular complexity index is 176. The predicted octanol–water partition coefficient (Wildman–Crippen LogP) is 4.23. The molecule has 0 nitrogen and oxygen atoms in total. The highest BCUT2D eigenvalue weighted by Crippen LogP contribution is 2.24. The molecule has 1 rings (SSSR count). The number of hydrogen-bond acceptors (Lipinski definition) is 0. The molecule has 0 N–H and O–H groups in total. The first-order valence-electron chi connectivity index (χ1n) is 5.21. The van der Waals surface area contributed by atoms with E-state index >= 15 is 0 Å². The second kappa shape index (κ2) is 5.18. The van der Waals surface area contributed by atoms with Crippen molar-refractivity contribution in [2.24, 2.45) is 0 Å². The van der Waals surface area contributed by atoms with Crippen LogP contribution in [0.5, 0.6) is 0 Å². The molecule has 1 saturated carbocycles. The molecule has 0 unspecified atom stereocenters. The van der Waals surface area contributed by atoms with Gasteiger partial charge < -0.3 is 0 Å². The molecule has 0 atom stereocenters. The fourth-order valence-corrected chi connectivity index (χ4v) is 1.80. The summed E-state index contributed by atoms with van der Waals surface area (Å²) < 4.78 is 0. The van der Waals surface area contributed by atoms with E-state index in [2.05, 4.69) is 26.0 Å². The predicted molar refractivity (Wildman–Crippen MR) is 55.2 cm³/mol. The van der Waals surface area contributed by atoms with Crippen LogP contribution in [0, 0.1) is 0 Å². The fraction of sp³-hybridized carbons (Fsp3) is 0.667. The van der Waals surface area contributed by atoms with E-state index in [1.165, 1.54) is 44.1 Å². The minimum absolute atomic E-state index is 1.18. The first-order valence-corrected chi connectivity index (χ1v) is 5.21. The largest absolute Gasteiger partial charge is 0.0845 e. The van der Waals surface area contributed by atoms with E-state index in [4.69, 9.17) is 0 Å². The minimum Gasteiger partial charge on any atom is -0.0845 e. The number of hydrogen-bond donors (Lipinski definition) is 0. The normalized spacial score (nSPS) is 19.5. The molecule has 68 valence electrons. The molecule has 0 aliphatic heterocycles. The highest BCUT2D eigenvalue weighted by Gasteiger charge is 2.04. The number of rotatable bonds is 2. The van der Waals surface area contributed by atoms with Crippen molar-refractivity contribution in [2.75, 3.05) is 0 Å². The Labute approximate surface area is 76.4 Å². The van der Waals surface area contributed by atoms with Crippen LogP contribution in [-0.2, 0) is 0 Å². The molecule has 1 aliphatic carbocycles. The van der Waals surface area contributed by atoms with Crippen LogP contribution < -0.4 is 0 Å². The molecule has 1 aliphatic rings. The van der Waals surface area contributed by atoms with E-state index in [1.54, 1.807) is 5.57 Å². The van der Waals surface area contributed by atoms with Gasteiger partial charge in [0.05, 0.1) is 0 Å². The average molecular weight is 164 g/mol. The van der Waals surface area contributed by atoms with E-state index in [9.17, 15) is 0 Å². The van der Waals surface area contributed by atoms with Crippen LogP contribution in [0.2, 0.25) is 0 Å². The second-order valence-electron chi connectivity index (χ2n) is 3.58. The topological polar surface area (TPSA) is 0 Å². The third-order valence-electron chi connectivity index (χ3n) is 2.66. The molecule has 0 heteroatoms. The van der Waals surface area contributed by atoms with E-state index in [0.29, 0.717) is 0 Å². The first-order chi connectivity index (χ1) is 5.86. The van der Waals surface area contributed by atoms with Gasteiger partial charge in [-0.15, -0.1) is 0 Å². The van der Waals surface area contributed by atoms with Crippen LogP contribution in [0.1, 0.15) is 52.4 Å². The van der Waals surface area contributed by atoms with E-state index in [-0.39, 0.29) is 0 Å². The summed E-state index contributed by atoms with van der Waals surface area (Å²) in [5.41, 5.74) is 3.18. The van der Waals surface area contributed by atoms with E-state index in [0.717, 1.165) is 0 Å². The summed E-state index contributed by atoms with van der Waals surface area (Å²) >= 11 is 0. The zero-order valence-corrected chi connectivity index (χ0v) is 8.40. The molecule has 1 fully saturated rings. The molecule has 0 aromatic carbocycles. The Kier molecular flexibility index (Phi) is 4.13. The van der Waals surface area contributed by atoms with Gasteiger partial charge in [0.1, 0.15) is 0 Å². The maximum absolute atomic E-state index is 2.42. The maximum Gasteiger partial charge on any atom is -0.0311 e. The van der Waals surface area contributed by atoms with Gasteiger partial charge in [0.15, 0.2) is 0 Å². The molecule has 0 bridgehead atoms. The quantitative estimate of drug-likeness (QED) is 0.573. The van der Waals surface area contributed by atoms with Crippen molar-refractivity contribution < 1.29 is 0 Å². The van der Waals surface area contributed by atoms with Crippen molar-refractivity contribution in [1.82, 2.24) is 0 Å². The molecule has 0 saturated heterocycles. The lowest BCUT2D eigenvalue weighted by atomic mass is 9.93. The van der Waals surface area contributed by atoms with Crippen molar-refractivity contribution in [3.8, 4) is 0 Å². The summed E-state index contributed by atoms with van der Waals surface area (Å²) in [5.74, 6) is 0. The molecule has 0 aromatic rings. The van der Waals surface area contributed by atoms with Gasteiger partial charge in [0.25, 0.3) is 0 Å². The lowest BCUT2D eigenvalue weighted by molar-refractivity contribution is 0.598. The molecule has 0 radical (unpaired) electrons. The summed E-state index contributed by atoms with van der Waals surface area (Å²) in [6.45, 7) is 4.37. The van der Waals surface area contributed by atoms with Gasteiger partial charge in [0.2, 0.25) is 0 Å². The highest BCUT2D eigenvalue weighted by atomic mass is 14.1. The molecule has 0 aromatic heterocycles. The van der Waals surface area contributed by atoms with Gasteiger partial charge in [-0.3, -0.25) is 0 Å². The van der Waals surface area contributed by atoms with Crippen LogP contribution in [0.15, 0.2) is 23.3 Å². The third kappa shape index (κ3) is 2.84. The van der Waals surface area contributed by atoms with Gasteiger partial charge >= 0.3 is 0 Å². The minimum atomic E-state index is 1.18. The Hall–Kier alpha value is -0.520. The Morgan fingerprint density at radius 3 is 2.42 bits per heavy atom. The molecular formula is C12H20. The lowest BCUT2D eigenvalue weighted by Crippen LogP contribution is -1.94. The van der Waals surface area contributed by atoms with Crippen LogP contribution in [0.3, 0.4) is 0 Å². The summed E-state index contributed by atoms with van der Waals surface area (Å²) in [6, 6.07) is 0. The SMILES string of the molecule is C/C=C(/C=C1CCCCC1)CC. The molecule has 12 heavy (non-hydrogen) atoms. The van der Waals surface area contributed by atoms with Crippen molar-refractivity contribution in [3.05, 3.63) is 23.3 Å². The summed E-state index contributed by atoms with van der Waals surface area (Å²) in [6.07, 6.45) is 12.8. The summed E-state index contributed by atoms with van der Waals surface area (Å²) in [7, 11) is 0. The summed E-state index contributed by atoms with van der Waals surface area (Å²) in [5, 5.41) is 0. The molecule has 0 heterocycles. The van der Waals surface area contributed by atoms with Crippen LogP contribution in [0.4, 0.5) is 0 Å². The Balaban J connectivity index is 2.53. The maximum atomic E-state index is 2.42. The van der Waals surface area contributed by atoms with Crippen molar-refractivity contribution in [3.63, 3.8) is 0 Å². The lowest BCUT2D eigenvalue weighted by Gasteiger charge is -2.13. The third-order valence-corrected chi connectivity index (χ3v) is 2.66. The Morgan fingerprint density at radius 1 is 1.25 bits per heavy atom. The van der Waals surface area contributed by atoms with Crippen LogP contribution >= 0.6 is 0 Å².